The van der Waals surface area contributed by atoms with Gasteiger partial charge in [0.1, 0.15) is 0 Å². The van der Waals surface area contributed by atoms with E-state index in [0.29, 0.717) is 11.5 Å². The molecule has 1 unspecified atom stereocenters. The minimum absolute atomic E-state index is 0.0621. The zero-order chi connectivity index (χ0) is 20.8. The zero-order valence-corrected chi connectivity index (χ0v) is 17.5. The van der Waals surface area contributed by atoms with Crippen molar-refractivity contribution in [3.05, 3.63) is 58.8 Å². The number of aromatic amines is 1. The van der Waals surface area contributed by atoms with Gasteiger partial charge in [0.05, 0.1) is 11.1 Å². The molecule has 0 bridgehead atoms. The van der Waals surface area contributed by atoms with E-state index in [4.69, 9.17) is 0 Å². The highest BCUT2D eigenvalue weighted by molar-refractivity contribution is 6.13. The van der Waals surface area contributed by atoms with Crippen LogP contribution in [0.2, 0.25) is 0 Å². The van der Waals surface area contributed by atoms with Crippen molar-refractivity contribution in [3.8, 4) is 0 Å². The van der Waals surface area contributed by atoms with Crippen LogP contribution in [-0.2, 0) is 17.6 Å². The SMILES string of the molecule is Cc1ccc(NC(=O)C2CC2)cc1NC(=O)c1cccc2c3c([nH]c12)CCC(C)C3. The number of hydrogen-bond acceptors (Lipinski definition) is 2. The first-order chi connectivity index (χ1) is 14.5. The molecule has 3 aromatic rings. The lowest BCUT2D eigenvalue weighted by molar-refractivity contribution is -0.117. The Bertz CT molecular complexity index is 1160. The van der Waals surface area contributed by atoms with Crippen LogP contribution in [0.3, 0.4) is 0 Å². The summed E-state index contributed by atoms with van der Waals surface area (Å²) in [6.07, 6.45) is 5.20. The molecule has 1 saturated carbocycles. The Morgan fingerprint density at radius 2 is 1.90 bits per heavy atom. The van der Waals surface area contributed by atoms with Crippen LogP contribution in [0.1, 0.15) is 53.4 Å². The van der Waals surface area contributed by atoms with Gasteiger partial charge in [-0.05, 0) is 74.3 Å². The number of fused-ring (bicyclic) bond motifs is 3. The van der Waals surface area contributed by atoms with Gasteiger partial charge in [-0.3, -0.25) is 9.59 Å². The van der Waals surface area contributed by atoms with Gasteiger partial charge < -0.3 is 15.6 Å². The fraction of sp³-hybridized carbons (Fsp3) is 0.360. The Morgan fingerprint density at radius 1 is 1.07 bits per heavy atom. The van der Waals surface area contributed by atoms with Gasteiger partial charge in [-0.15, -0.1) is 0 Å². The predicted octanol–water partition coefficient (Wildman–Crippen LogP) is 5.20. The number of aryl methyl sites for hydroxylation is 2. The molecular weight excluding hydrogens is 374 g/mol. The molecule has 5 rings (SSSR count). The highest BCUT2D eigenvalue weighted by Crippen LogP contribution is 2.34. The summed E-state index contributed by atoms with van der Waals surface area (Å²) < 4.78 is 0. The van der Waals surface area contributed by atoms with Crippen LogP contribution in [0.15, 0.2) is 36.4 Å². The lowest BCUT2D eigenvalue weighted by Crippen LogP contribution is -2.15. The summed E-state index contributed by atoms with van der Waals surface area (Å²) in [6, 6.07) is 11.6. The molecule has 2 aliphatic carbocycles. The lowest BCUT2D eigenvalue weighted by Gasteiger charge is -2.17. The molecule has 1 atom stereocenters. The second kappa shape index (κ2) is 7.31. The molecule has 0 saturated heterocycles. The maximum absolute atomic E-state index is 13.2. The van der Waals surface area contributed by atoms with Crippen molar-refractivity contribution >= 4 is 34.1 Å². The second-order valence-corrected chi connectivity index (χ2v) is 8.91. The molecule has 0 radical (unpaired) electrons. The van der Waals surface area contributed by atoms with E-state index in [1.54, 1.807) is 0 Å². The zero-order valence-electron chi connectivity index (χ0n) is 17.5. The van der Waals surface area contributed by atoms with Crippen molar-refractivity contribution in [3.63, 3.8) is 0 Å². The van der Waals surface area contributed by atoms with Gasteiger partial charge in [-0.25, -0.2) is 0 Å². The molecule has 154 valence electrons. The van der Waals surface area contributed by atoms with Gasteiger partial charge in [0.2, 0.25) is 5.91 Å². The molecular formula is C25H27N3O2. The van der Waals surface area contributed by atoms with Crippen LogP contribution in [0, 0.1) is 18.8 Å². The van der Waals surface area contributed by atoms with Gasteiger partial charge in [0, 0.05) is 28.4 Å². The van der Waals surface area contributed by atoms with Crippen molar-refractivity contribution in [2.24, 2.45) is 11.8 Å². The maximum Gasteiger partial charge on any atom is 0.257 e. The summed E-state index contributed by atoms with van der Waals surface area (Å²) in [7, 11) is 0. The monoisotopic (exact) mass is 401 g/mol. The minimum Gasteiger partial charge on any atom is -0.358 e. The van der Waals surface area contributed by atoms with Crippen LogP contribution in [0.5, 0.6) is 0 Å². The smallest absolute Gasteiger partial charge is 0.257 e. The number of amides is 2. The first-order valence-electron chi connectivity index (χ1n) is 10.8. The molecule has 0 aliphatic heterocycles. The molecule has 2 amide bonds. The summed E-state index contributed by atoms with van der Waals surface area (Å²) in [6.45, 7) is 4.24. The normalized spacial score (nSPS) is 18.1. The van der Waals surface area contributed by atoms with Crippen LogP contribution in [0.4, 0.5) is 11.4 Å². The summed E-state index contributed by atoms with van der Waals surface area (Å²) in [5.74, 6) is 0.738. The van der Waals surface area contributed by atoms with Crippen LogP contribution >= 0.6 is 0 Å². The van der Waals surface area contributed by atoms with Crippen LogP contribution in [-0.4, -0.2) is 16.8 Å². The Labute approximate surface area is 176 Å². The Morgan fingerprint density at radius 3 is 2.70 bits per heavy atom. The Balaban J connectivity index is 1.43. The number of carbonyl (C=O) groups is 2. The summed E-state index contributed by atoms with van der Waals surface area (Å²) in [4.78, 5) is 28.8. The number of carbonyl (C=O) groups excluding carboxylic acids is 2. The molecule has 0 spiro atoms. The van der Waals surface area contributed by atoms with Crippen LogP contribution < -0.4 is 10.6 Å². The van der Waals surface area contributed by atoms with Gasteiger partial charge in [-0.1, -0.05) is 25.1 Å². The van der Waals surface area contributed by atoms with Crippen molar-refractivity contribution in [2.45, 2.75) is 46.0 Å². The molecule has 5 heteroatoms. The Hall–Kier alpha value is -3.08. The highest BCUT2D eigenvalue weighted by atomic mass is 16.2. The van der Waals surface area contributed by atoms with Gasteiger partial charge in [-0.2, -0.15) is 0 Å². The third kappa shape index (κ3) is 3.49. The summed E-state index contributed by atoms with van der Waals surface area (Å²) in [5.41, 5.74) is 6.60. The number of hydrogen-bond donors (Lipinski definition) is 3. The standard InChI is InChI=1S/C25H27N3O2/c1-14-6-11-21-20(12-14)18-4-3-5-19(23(18)27-21)25(30)28-22-13-17(10-7-15(22)2)26-24(29)16-8-9-16/h3-5,7,10,13-14,16,27H,6,8-9,11-12H2,1-2H3,(H,26,29)(H,28,30). The first kappa shape index (κ1) is 18.9. The second-order valence-electron chi connectivity index (χ2n) is 8.91. The van der Waals surface area contributed by atoms with Gasteiger partial charge >= 0.3 is 0 Å². The van der Waals surface area contributed by atoms with E-state index in [-0.39, 0.29) is 17.7 Å². The lowest BCUT2D eigenvalue weighted by atomic mass is 9.87. The average Bonchev–Trinajstić information content (AvgIpc) is 3.52. The third-order valence-corrected chi connectivity index (χ3v) is 6.42. The van der Waals surface area contributed by atoms with E-state index in [1.807, 2.05) is 37.3 Å². The van der Waals surface area contributed by atoms with E-state index in [9.17, 15) is 9.59 Å². The largest absolute Gasteiger partial charge is 0.358 e. The summed E-state index contributed by atoms with van der Waals surface area (Å²) in [5, 5.41) is 7.17. The molecule has 2 aliphatic rings. The van der Waals surface area contributed by atoms with Crippen LogP contribution in [0.25, 0.3) is 10.9 Å². The van der Waals surface area contributed by atoms with Gasteiger partial charge in [0.15, 0.2) is 0 Å². The average molecular weight is 402 g/mol. The molecule has 2 aromatic carbocycles. The number of H-pyrrole nitrogens is 1. The molecule has 1 heterocycles. The summed E-state index contributed by atoms with van der Waals surface area (Å²) >= 11 is 0. The number of para-hydroxylation sites is 1. The fourth-order valence-electron chi connectivity index (χ4n) is 4.42. The quantitative estimate of drug-likeness (QED) is 0.562. The fourth-order valence-corrected chi connectivity index (χ4v) is 4.42. The number of aromatic nitrogens is 1. The predicted molar refractivity (Wildman–Crippen MR) is 120 cm³/mol. The van der Waals surface area contributed by atoms with E-state index < -0.39 is 0 Å². The number of benzene rings is 2. The molecule has 5 nitrogen and oxygen atoms in total. The van der Waals surface area contributed by atoms with E-state index in [0.717, 1.165) is 53.5 Å². The number of anilines is 2. The molecule has 30 heavy (non-hydrogen) atoms. The van der Waals surface area contributed by atoms with Crippen molar-refractivity contribution < 1.29 is 9.59 Å². The maximum atomic E-state index is 13.2. The highest BCUT2D eigenvalue weighted by Gasteiger charge is 2.29. The Kier molecular flexibility index (Phi) is 4.61. The van der Waals surface area contributed by atoms with E-state index in [1.165, 1.54) is 17.7 Å². The minimum atomic E-state index is -0.138. The topological polar surface area (TPSA) is 74.0 Å². The third-order valence-electron chi connectivity index (χ3n) is 6.42. The van der Waals surface area contributed by atoms with E-state index in [2.05, 4.69) is 28.6 Å². The van der Waals surface area contributed by atoms with Crippen molar-refractivity contribution in [1.29, 1.82) is 0 Å². The van der Waals surface area contributed by atoms with E-state index >= 15 is 0 Å². The van der Waals surface area contributed by atoms with Crippen molar-refractivity contribution in [2.75, 3.05) is 10.6 Å². The molecule has 1 aromatic heterocycles. The first-order valence-corrected chi connectivity index (χ1v) is 10.8. The number of nitrogens with one attached hydrogen (secondary N) is 3. The van der Waals surface area contributed by atoms with Gasteiger partial charge in [0.25, 0.3) is 5.91 Å². The molecule has 3 N–H and O–H groups in total. The van der Waals surface area contributed by atoms with Crippen molar-refractivity contribution in [1.82, 2.24) is 4.98 Å². The number of rotatable bonds is 4. The molecule has 1 fully saturated rings.